The minimum absolute atomic E-state index is 0.0489. The molecule has 4 aliphatic carbocycles. The second kappa shape index (κ2) is 5.33. The van der Waals surface area contributed by atoms with Crippen LogP contribution in [0.4, 0.5) is 0 Å². The second-order valence-corrected chi connectivity index (χ2v) is 9.45. The van der Waals surface area contributed by atoms with Gasteiger partial charge in [0, 0.05) is 5.41 Å². The molecule has 0 bridgehead atoms. The summed E-state index contributed by atoms with van der Waals surface area (Å²) in [5, 5.41) is 42.5. The first-order valence-electron chi connectivity index (χ1n) is 9.60. The first-order chi connectivity index (χ1) is 11.7. The Kier molecular flexibility index (Phi) is 3.74. The zero-order chi connectivity index (χ0) is 18.2. The van der Waals surface area contributed by atoms with Crippen LogP contribution >= 0.6 is 0 Å². The Morgan fingerprint density at radius 1 is 1.12 bits per heavy atom. The van der Waals surface area contributed by atoms with Gasteiger partial charge in [0.15, 0.2) is 0 Å². The molecule has 3 saturated carbocycles. The minimum Gasteiger partial charge on any atom is -0.393 e. The van der Waals surface area contributed by atoms with E-state index < -0.39 is 29.3 Å². The summed E-state index contributed by atoms with van der Waals surface area (Å²) in [7, 11) is 0. The maximum absolute atomic E-state index is 11.1. The van der Waals surface area contributed by atoms with Gasteiger partial charge in [0.1, 0.15) is 5.60 Å². The highest BCUT2D eigenvalue weighted by atomic mass is 16.3. The van der Waals surface area contributed by atoms with Crippen LogP contribution in [-0.4, -0.2) is 44.3 Å². The summed E-state index contributed by atoms with van der Waals surface area (Å²) in [5.41, 5.74) is -0.716. The fraction of sp³-hybridized carbons (Fsp3) is 0.810. The van der Waals surface area contributed by atoms with Crippen molar-refractivity contribution in [2.45, 2.75) is 76.3 Å². The third-order valence-corrected chi connectivity index (χ3v) is 8.46. The van der Waals surface area contributed by atoms with Gasteiger partial charge < -0.3 is 20.4 Å². The van der Waals surface area contributed by atoms with Gasteiger partial charge in [0.2, 0.25) is 0 Å². The standard InChI is InChI=1S/C21H30O4/c1-4-21(25)8-7-14-13-6-5-12-9-15(22)16(23)10-19(12,2)18(13)17(24)11-20(14,21)3/h1,5,13-18,22-25H,6-11H2,2-3H3/t13-,14-,15?,16?,17?,18-,19-,20-,21?/m0/s1. The molecule has 4 N–H and O–H groups in total. The van der Waals surface area contributed by atoms with E-state index in [4.69, 9.17) is 6.42 Å². The largest absolute Gasteiger partial charge is 0.393 e. The Hall–Kier alpha value is -0.860. The van der Waals surface area contributed by atoms with E-state index in [0.29, 0.717) is 25.7 Å². The molecule has 4 heteroatoms. The first kappa shape index (κ1) is 17.5. The molecular weight excluding hydrogens is 316 g/mol. The summed E-state index contributed by atoms with van der Waals surface area (Å²) in [5.74, 6) is 3.21. The number of fused-ring (bicyclic) bond motifs is 5. The van der Waals surface area contributed by atoms with Gasteiger partial charge in [-0.15, -0.1) is 6.42 Å². The number of aliphatic hydroxyl groups is 4. The number of terminal acetylenes is 1. The Labute approximate surface area is 150 Å². The van der Waals surface area contributed by atoms with Crippen LogP contribution in [0.15, 0.2) is 11.6 Å². The Bertz CT molecular complexity index is 651. The molecule has 0 amide bonds. The highest BCUT2D eigenvalue weighted by Crippen LogP contribution is 2.66. The van der Waals surface area contributed by atoms with Crippen molar-refractivity contribution in [1.29, 1.82) is 0 Å². The molecule has 0 heterocycles. The molecule has 4 rings (SSSR count). The lowest BCUT2D eigenvalue weighted by molar-refractivity contribution is -0.160. The van der Waals surface area contributed by atoms with Crippen molar-refractivity contribution in [3.63, 3.8) is 0 Å². The van der Waals surface area contributed by atoms with E-state index in [1.54, 1.807) is 0 Å². The van der Waals surface area contributed by atoms with E-state index in [9.17, 15) is 20.4 Å². The maximum atomic E-state index is 11.1. The zero-order valence-electron chi connectivity index (χ0n) is 15.2. The van der Waals surface area contributed by atoms with Crippen molar-refractivity contribution in [2.24, 2.45) is 28.6 Å². The molecule has 25 heavy (non-hydrogen) atoms. The van der Waals surface area contributed by atoms with Gasteiger partial charge in [0.05, 0.1) is 18.3 Å². The average Bonchev–Trinajstić information content (AvgIpc) is 2.80. The van der Waals surface area contributed by atoms with E-state index >= 15 is 0 Å². The molecular formula is C21H30O4. The molecule has 0 aromatic heterocycles. The predicted octanol–water partition coefficient (Wildman–Crippen LogP) is 1.62. The number of rotatable bonds is 0. The molecule has 0 aromatic rings. The van der Waals surface area contributed by atoms with Gasteiger partial charge >= 0.3 is 0 Å². The average molecular weight is 346 g/mol. The molecule has 4 unspecified atom stereocenters. The van der Waals surface area contributed by atoms with Crippen molar-refractivity contribution in [1.82, 2.24) is 0 Å². The van der Waals surface area contributed by atoms with Crippen molar-refractivity contribution in [2.75, 3.05) is 0 Å². The Morgan fingerprint density at radius 3 is 2.52 bits per heavy atom. The summed E-state index contributed by atoms with van der Waals surface area (Å²) in [4.78, 5) is 0. The normalized spacial score (nSPS) is 57.7. The van der Waals surface area contributed by atoms with Crippen LogP contribution in [0.5, 0.6) is 0 Å². The van der Waals surface area contributed by atoms with E-state index in [-0.39, 0.29) is 23.2 Å². The van der Waals surface area contributed by atoms with E-state index in [1.807, 2.05) is 6.92 Å². The van der Waals surface area contributed by atoms with Crippen molar-refractivity contribution >= 4 is 0 Å². The van der Waals surface area contributed by atoms with Crippen LogP contribution in [0.25, 0.3) is 0 Å². The van der Waals surface area contributed by atoms with Gasteiger partial charge in [-0.2, -0.15) is 0 Å². The summed E-state index contributed by atoms with van der Waals surface area (Å²) in [6.45, 7) is 4.18. The van der Waals surface area contributed by atoms with Gasteiger partial charge in [-0.1, -0.05) is 31.4 Å². The molecule has 3 fully saturated rings. The minimum atomic E-state index is -1.14. The lowest BCUT2D eigenvalue weighted by Gasteiger charge is -2.60. The second-order valence-electron chi connectivity index (χ2n) is 9.45. The summed E-state index contributed by atoms with van der Waals surface area (Å²) >= 11 is 0. The van der Waals surface area contributed by atoms with Crippen LogP contribution in [-0.2, 0) is 0 Å². The Morgan fingerprint density at radius 2 is 1.84 bits per heavy atom. The lowest BCUT2D eigenvalue weighted by atomic mass is 9.46. The lowest BCUT2D eigenvalue weighted by Crippen LogP contribution is -2.60. The quantitative estimate of drug-likeness (QED) is 0.397. The monoisotopic (exact) mass is 346 g/mol. The zero-order valence-corrected chi connectivity index (χ0v) is 15.2. The number of aliphatic hydroxyl groups excluding tert-OH is 3. The summed E-state index contributed by atoms with van der Waals surface area (Å²) < 4.78 is 0. The van der Waals surface area contributed by atoms with Crippen LogP contribution < -0.4 is 0 Å². The third-order valence-electron chi connectivity index (χ3n) is 8.46. The van der Waals surface area contributed by atoms with Gasteiger partial charge in [-0.3, -0.25) is 0 Å². The molecule has 4 aliphatic rings. The van der Waals surface area contributed by atoms with Crippen LogP contribution in [0, 0.1) is 40.9 Å². The molecule has 0 radical (unpaired) electrons. The van der Waals surface area contributed by atoms with E-state index in [2.05, 4.69) is 18.9 Å². The van der Waals surface area contributed by atoms with Crippen LogP contribution in [0.3, 0.4) is 0 Å². The topological polar surface area (TPSA) is 80.9 Å². The Balaban J connectivity index is 1.75. The fourth-order valence-electron chi connectivity index (χ4n) is 7.07. The first-order valence-corrected chi connectivity index (χ1v) is 9.60. The van der Waals surface area contributed by atoms with Gasteiger partial charge in [-0.25, -0.2) is 0 Å². The summed E-state index contributed by atoms with van der Waals surface area (Å²) in [6, 6.07) is 0. The predicted molar refractivity (Wildman–Crippen MR) is 94.3 cm³/mol. The number of hydrogen-bond acceptors (Lipinski definition) is 4. The highest BCUT2D eigenvalue weighted by Gasteiger charge is 2.66. The maximum Gasteiger partial charge on any atom is 0.130 e. The van der Waals surface area contributed by atoms with E-state index in [0.717, 1.165) is 12.8 Å². The van der Waals surface area contributed by atoms with Crippen LogP contribution in [0.1, 0.15) is 52.4 Å². The molecule has 9 atom stereocenters. The number of hydrogen-bond donors (Lipinski definition) is 4. The third kappa shape index (κ3) is 2.10. The smallest absolute Gasteiger partial charge is 0.130 e. The number of allylic oxidation sites excluding steroid dienone is 1. The highest BCUT2D eigenvalue weighted by molar-refractivity contribution is 5.30. The van der Waals surface area contributed by atoms with Crippen LogP contribution in [0.2, 0.25) is 0 Å². The molecule has 0 aliphatic heterocycles. The molecule has 4 nitrogen and oxygen atoms in total. The summed E-state index contributed by atoms with van der Waals surface area (Å²) in [6.07, 6.45) is 9.72. The molecule has 0 saturated heterocycles. The van der Waals surface area contributed by atoms with Gasteiger partial charge in [-0.05, 0) is 61.7 Å². The van der Waals surface area contributed by atoms with Crippen molar-refractivity contribution < 1.29 is 20.4 Å². The van der Waals surface area contributed by atoms with Crippen molar-refractivity contribution in [3.05, 3.63) is 11.6 Å². The molecule has 0 aromatic carbocycles. The van der Waals surface area contributed by atoms with Crippen molar-refractivity contribution in [3.8, 4) is 12.3 Å². The molecule has 0 spiro atoms. The van der Waals surface area contributed by atoms with Gasteiger partial charge in [0.25, 0.3) is 0 Å². The SMILES string of the molecule is C#CC1(O)CC[C@H]2[C@@H]3CC=C4CC(O)C(O)C[C@]4(C)[C@@H]3C(O)C[C@@]21C. The fourth-order valence-corrected chi connectivity index (χ4v) is 7.07. The van der Waals surface area contributed by atoms with E-state index in [1.165, 1.54) is 5.57 Å². The molecule has 138 valence electrons.